The summed E-state index contributed by atoms with van der Waals surface area (Å²) in [6, 6.07) is 16.2. The van der Waals surface area contributed by atoms with Gasteiger partial charge in [0.05, 0.1) is 15.4 Å². The first-order valence-corrected chi connectivity index (χ1v) is 13.1. The second kappa shape index (κ2) is 11.4. The largest absolute Gasteiger partial charge is 0.422 e. The average molecular weight is 601 g/mol. The van der Waals surface area contributed by atoms with Gasteiger partial charge in [-0.25, -0.2) is 9.80 Å². The van der Waals surface area contributed by atoms with Crippen LogP contribution in [-0.2, 0) is 0 Å². The van der Waals surface area contributed by atoms with Crippen LogP contribution in [0.5, 0.6) is 5.75 Å². The maximum Gasteiger partial charge on any atom is 0.353 e. The van der Waals surface area contributed by atoms with Crippen molar-refractivity contribution < 1.29 is 38.6 Å². The van der Waals surface area contributed by atoms with Crippen molar-refractivity contribution in [3.05, 3.63) is 132 Å². The number of imide groups is 1. The maximum absolute atomic E-state index is 13.6. The van der Waals surface area contributed by atoms with Crippen molar-refractivity contribution >= 4 is 52.2 Å². The molecule has 3 aromatic carbocycles. The molecule has 0 unspecified atom stereocenters. The Morgan fingerprint density at radius 3 is 2.09 bits per heavy atom. The van der Waals surface area contributed by atoms with Gasteiger partial charge in [-0.05, 0) is 53.9 Å². The van der Waals surface area contributed by atoms with Crippen molar-refractivity contribution in [1.29, 1.82) is 0 Å². The van der Waals surface area contributed by atoms with Crippen molar-refractivity contribution in [3.63, 3.8) is 0 Å². The van der Waals surface area contributed by atoms with E-state index in [0.29, 0.717) is 14.9 Å². The quantitative estimate of drug-likeness (QED) is 0.0668. The predicted molar refractivity (Wildman–Crippen MR) is 148 cm³/mol. The number of ketones is 1. The number of ether oxygens (including phenoxy) is 1. The predicted octanol–water partition coefficient (Wildman–Crippen LogP) is 4.32. The number of rotatable bonds is 9. The summed E-state index contributed by atoms with van der Waals surface area (Å²) >= 11 is 1.18. The molecule has 3 amide bonds. The second-order valence-corrected chi connectivity index (χ2v) is 9.81. The summed E-state index contributed by atoms with van der Waals surface area (Å²) in [4.78, 5) is 87.2. The molecule has 0 radical (unpaired) electrons. The fraction of sp³-hybridized carbons (Fsp3) is 0.0357. The van der Waals surface area contributed by atoms with Crippen LogP contribution >= 0.6 is 11.3 Å². The minimum absolute atomic E-state index is 0.0139. The summed E-state index contributed by atoms with van der Waals surface area (Å²) in [6.07, 6.45) is 0. The van der Waals surface area contributed by atoms with Crippen molar-refractivity contribution in [2.45, 2.75) is 0 Å². The van der Waals surface area contributed by atoms with Gasteiger partial charge in [-0.3, -0.25) is 39.4 Å². The van der Waals surface area contributed by atoms with Crippen LogP contribution in [0.25, 0.3) is 0 Å². The third-order valence-electron chi connectivity index (χ3n) is 6.27. The van der Waals surface area contributed by atoms with Crippen LogP contribution in [0.4, 0.5) is 11.4 Å². The highest BCUT2D eigenvalue weighted by molar-refractivity contribution is 7.12. The number of hydrogen-bond donors (Lipinski definition) is 0. The summed E-state index contributed by atoms with van der Waals surface area (Å²) in [5.41, 5.74) is -2.09. The fourth-order valence-corrected chi connectivity index (χ4v) is 4.82. The SMILES string of the molecule is O=C(CN(C(=O)c1ccc([N+](=O)[O-])cc1)N1C(=O)c2cccc([N+](=O)[O-])c2C1=O)c1ccc(OC(=O)c2cccs2)cc1. The lowest BCUT2D eigenvalue weighted by Gasteiger charge is -2.29. The van der Waals surface area contributed by atoms with Gasteiger partial charge in [-0.2, -0.15) is 5.01 Å². The Morgan fingerprint density at radius 2 is 1.49 bits per heavy atom. The van der Waals surface area contributed by atoms with Crippen molar-refractivity contribution in [1.82, 2.24) is 10.0 Å². The first kappa shape index (κ1) is 28.4. The number of non-ortho nitro benzene ring substituents is 1. The van der Waals surface area contributed by atoms with E-state index in [1.54, 1.807) is 17.5 Å². The van der Waals surface area contributed by atoms with E-state index in [2.05, 4.69) is 0 Å². The molecule has 4 aromatic rings. The number of carbonyl (C=O) groups excluding carboxylic acids is 5. The number of carbonyl (C=O) groups is 5. The summed E-state index contributed by atoms with van der Waals surface area (Å²) in [5, 5.41) is 25.2. The van der Waals surface area contributed by atoms with Crippen LogP contribution in [0.3, 0.4) is 0 Å². The molecule has 14 nitrogen and oxygen atoms in total. The van der Waals surface area contributed by atoms with Crippen molar-refractivity contribution in [3.8, 4) is 5.75 Å². The van der Waals surface area contributed by atoms with Gasteiger partial charge in [-0.15, -0.1) is 11.3 Å². The fourth-order valence-electron chi connectivity index (χ4n) is 4.22. The number of nitro groups is 2. The molecule has 0 N–H and O–H groups in total. The highest BCUT2D eigenvalue weighted by atomic mass is 32.1. The zero-order chi connectivity index (χ0) is 30.8. The second-order valence-electron chi connectivity index (χ2n) is 8.86. The lowest BCUT2D eigenvalue weighted by molar-refractivity contribution is -0.385. The van der Waals surface area contributed by atoms with Crippen LogP contribution in [-0.4, -0.2) is 55.9 Å². The lowest BCUT2D eigenvalue weighted by Crippen LogP contribution is -2.51. The highest BCUT2D eigenvalue weighted by Gasteiger charge is 2.46. The molecule has 0 atom stereocenters. The normalized spacial score (nSPS) is 12.0. The van der Waals surface area contributed by atoms with E-state index in [4.69, 9.17) is 4.74 Å². The zero-order valence-electron chi connectivity index (χ0n) is 21.6. The van der Waals surface area contributed by atoms with Gasteiger partial charge < -0.3 is 4.74 Å². The molecule has 1 aliphatic rings. The smallest absolute Gasteiger partial charge is 0.353 e. The molecule has 0 fully saturated rings. The standard InChI is InChI=1S/C28H16N4O10S/c33-22(16-8-12-19(13-9-16)42-28(37)23-5-2-14-43-23)15-29(25(34)17-6-10-18(11-7-17)31(38)39)30-26(35)20-3-1-4-21(32(40)41)24(20)27(30)36/h1-14H,15H2. The average Bonchev–Trinajstić information content (AvgIpc) is 3.63. The van der Waals surface area contributed by atoms with E-state index < -0.39 is 57.1 Å². The number of hydrogen-bond acceptors (Lipinski definition) is 11. The van der Waals surface area contributed by atoms with E-state index >= 15 is 0 Å². The van der Waals surface area contributed by atoms with E-state index in [1.807, 2.05) is 0 Å². The number of esters is 1. The number of Topliss-reactive ketones (excluding diaryl/α,β-unsaturated/α-hetero) is 1. The summed E-state index contributed by atoms with van der Waals surface area (Å²) < 4.78 is 5.27. The van der Waals surface area contributed by atoms with Gasteiger partial charge in [0.15, 0.2) is 5.78 Å². The van der Waals surface area contributed by atoms with Crippen molar-refractivity contribution in [2.24, 2.45) is 0 Å². The highest BCUT2D eigenvalue weighted by Crippen LogP contribution is 2.32. The molecule has 214 valence electrons. The van der Waals surface area contributed by atoms with Crippen LogP contribution in [0.2, 0.25) is 0 Å². The molecule has 0 saturated carbocycles. The lowest BCUT2D eigenvalue weighted by atomic mass is 10.1. The van der Waals surface area contributed by atoms with E-state index in [-0.39, 0.29) is 28.1 Å². The molecule has 43 heavy (non-hydrogen) atoms. The molecule has 0 aliphatic carbocycles. The Morgan fingerprint density at radius 1 is 0.814 bits per heavy atom. The Labute approximate surface area is 244 Å². The monoisotopic (exact) mass is 600 g/mol. The molecule has 0 saturated heterocycles. The van der Waals surface area contributed by atoms with E-state index in [1.165, 1.54) is 47.7 Å². The molecule has 1 aromatic heterocycles. The van der Waals surface area contributed by atoms with Gasteiger partial charge >= 0.3 is 5.97 Å². The van der Waals surface area contributed by atoms with E-state index in [9.17, 15) is 44.2 Å². The minimum Gasteiger partial charge on any atom is -0.422 e. The summed E-state index contributed by atoms with van der Waals surface area (Å²) in [7, 11) is 0. The van der Waals surface area contributed by atoms with Gasteiger partial charge in [0.25, 0.3) is 29.1 Å². The molecule has 1 aliphatic heterocycles. The number of benzene rings is 3. The number of thiophene rings is 1. The third kappa shape index (κ3) is 5.47. The first-order valence-electron chi connectivity index (χ1n) is 12.2. The van der Waals surface area contributed by atoms with Crippen LogP contribution in [0.1, 0.15) is 51.1 Å². The van der Waals surface area contributed by atoms with Crippen LogP contribution in [0, 0.1) is 20.2 Å². The van der Waals surface area contributed by atoms with Crippen LogP contribution < -0.4 is 4.74 Å². The maximum atomic E-state index is 13.6. The topological polar surface area (TPSA) is 187 Å². The number of hydrazine groups is 1. The first-order chi connectivity index (χ1) is 20.6. The molecular formula is C28H16N4O10S. The Bertz CT molecular complexity index is 1820. The molecule has 2 heterocycles. The van der Waals surface area contributed by atoms with Crippen LogP contribution in [0.15, 0.2) is 84.2 Å². The Kier molecular flexibility index (Phi) is 7.55. The Hall–Kier alpha value is -6.09. The van der Waals surface area contributed by atoms with Gasteiger partial charge in [-0.1, -0.05) is 12.1 Å². The summed E-state index contributed by atoms with van der Waals surface area (Å²) in [6.45, 7) is -0.872. The van der Waals surface area contributed by atoms with E-state index in [0.717, 1.165) is 30.3 Å². The number of amides is 3. The zero-order valence-corrected chi connectivity index (χ0v) is 22.4. The Balaban J connectivity index is 1.46. The van der Waals surface area contributed by atoms with Gasteiger partial charge in [0.1, 0.15) is 22.7 Å². The number of fused-ring (bicyclic) bond motifs is 1. The third-order valence-corrected chi connectivity index (χ3v) is 7.12. The molecule has 5 rings (SSSR count). The van der Waals surface area contributed by atoms with Crippen molar-refractivity contribution in [2.75, 3.05) is 6.54 Å². The molecule has 0 spiro atoms. The molecular weight excluding hydrogens is 584 g/mol. The molecule has 0 bridgehead atoms. The van der Waals surface area contributed by atoms with Gasteiger partial charge in [0, 0.05) is 29.3 Å². The molecule has 15 heteroatoms. The number of nitrogens with zero attached hydrogens (tertiary/aromatic N) is 4. The summed E-state index contributed by atoms with van der Waals surface area (Å²) in [5.74, 6) is -4.57. The van der Waals surface area contributed by atoms with Gasteiger partial charge in [0.2, 0.25) is 0 Å². The number of nitro benzene ring substituents is 2. The minimum atomic E-state index is -1.20.